The maximum Gasteiger partial charge on any atom is 0.0367 e. The van der Waals surface area contributed by atoms with E-state index in [1.54, 1.807) is 0 Å². The third kappa shape index (κ3) is 2.11. The zero-order chi connectivity index (χ0) is 11.7. The summed E-state index contributed by atoms with van der Waals surface area (Å²) in [5.74, 6) is 0. The van der Waals surface area contributed by atoms with Crippen molar-refractivity contribution >= 4 is 0 Å². The molecule has 0 saturated heterocycles. The van der Waals surface area contributed by atoms with E-state index in [0.29, 0.717) is 6.04 Å². The van der Waals surface area contributed by atoms with Gasteiger partial charge in [0.1, 0.15) is 0 Å². The molecule has 1 aliphatic heterocycles. The monoisotopic (exact) mass is 223 g/mol. The molecular weight excluding hydrogens is 206 g/mol. The number of aryl methyl sites for hydroxylation is 1. The standard InChI is InChI=1S/C16H17N/c1-12-6-8-13(9-7-12)10-16-15-5-3-2-4-14(15)11-17-16/h2-9,16-17H,10-11H2,1H3. The van der Waals surface area contributed by atoms with E-state index in [2.05, 4.69) is 60.8 Å². The van der Waals surface area contributed by atoms with E-state index in [9.17, 15) is 0 Å². The van der Waals surface area contributed by atoms with Gasteiger partial charge in [-0.1, -0.05) is 54.1 Å². The van der Waals surface area contributed by atoms with Crippen molar-refractivity contribution in [1.29, 1.82) is 0 Å². The summed E-state index contributed by atoms with van der Waals surface area (Å²) in [6.45, 7) is 3.14. The van der Waals surface area contributed by atoms with Gasteiger partial charge in [0.25, 0.3) is 0 Å². The molecule has 0 aromatic heterocycles. The van der Waals surface area contributed by atoms with Crippen LogP contribution in [0, 0.1) is 6.92 Å². The molecule has 17 heavy (non-hydrogen) atoms. The summed E-state index contributed by atoms with van der Waals surface area (Å²) in [4.78, 5) is 0. The predicted octanol–water partition coefficient (Wildman–Crippen LogP) is 3.38. The highest BCUT2D eigenvalue weighted by Crippen LogP contribution is 2.27. The molecule has 3 rings (SSSR count). The lowest BCUT2D eigenvalue weighted by Crippen LogP contribution is -2.14. The maximum atomic E-state index is 3.59. The number of fused-ring (bicyclic) bond motifs is 1. The molecule has 1 heteroatoms. The zero-order valence-electron chi connectivity index (χ0n) is 10.1. The Hall–Kier alpha value is -1.60. The lowest BCUT2D eigenvalue weighted by atomic mass is 9.98. The van der Waals surface area contributed by atoms with Gasteiger partial charge in [-0.05, 0) is 30.0 Å². The molecule has 0 amide bonds. The van der Waals surface area contributed by atoms with E-state index in [0.717, 1.165) is 13.0 Å². The van der Waals surface area contributed by atoms with Crippen LogP contribution in [-0.4, -0.2) is 0 Å². The molecule has 86 valence electrons. The van der Waals surface area contributed by atoms with E-state index < -0.39 is 0 Å². The molecule has 2 aromatic rings. The van der Waals surface area contributed by atoms with E-state index in [-0.39, 0.29) is 0 Å². The molecule has 1 unspecified atom stereocenters. The van der Waals surface area contributed by atoms with E-state index in [4.69, 9.17) is 0 Å². The summed E-state index contributed by atoms with van der Waals surface area (Å²) in [5.41, 5.74) is 5.65. The smallest absolute Gasteiger partial charge is 0.0367 e. The van der Waals surface area contributed by atoms with Crippen molar-refractivity contribution in [3.8, 4) is 0 Å². The average molecular weight is 223 g/mol. The molecule has 0 aliphatic carbocycles. The summed E-state index contributed by atoms with van der Waals surface area (Å²) in [6.07, 6.45) is 1.08. The van der Waals surface area contributed by atoms with Crippen LogP contribution in [0.5, 0.6) is 0 Å². The molecule has 2 aromatic carbocycles. The topological polar surface area (TPSA) is 12.0 Å². The van der Waals surface area contributed by atoms with E-state index in [1.165, 1.54) is 22.3 Å². The first-order chi connectivity index (χ1) is 8.33. The summed E-state index contributed by atoms with van der Waals surface area (Å²) < 4.78 is 0. The van der Waals surface area contributed by atoms with Crippen LogP contribution in [0.4, 0.5) is 0 Å². The normalized spacial score (nSPS) is 18.1. The Morgan fingerprint density at radius 3 is 2.65 bits per heavy atom. The molecule has 1 aliphatic rings. The Bertz CT molecular complexity index is 513. The Balaban J connectivity index is 1.81. The molecule has 1 heterocycles. The van der Waals surface area contributed by atoms with Gasteiger partial charge in [-0.3, -0.25) is 0 Å². The number of hydrogen-bond acceptors (Lipinski definition) is 1. The average Bonchev–Trinajstić information content (AvgIpc) is 2.76. The largest absolute Gasteiger partial charge is 0.306 e. The summed E-state index contributed by atoms with van der Waals surface area (Å²) in [5, 5.41) is 3.59. The van der Waals surface area contributed by atoms with Gasteiger partial charge in [0, 0.05) is 12.6 Å². The van der Waals surface area contributed by atoms with Crippen LogP contribution in [0.2, 0.25) is 0 Å². The molecule has 1 atom stereocenters. The van der Waals surface area contributed by atoms with Gasteiger partial charge in [-0.25, -0.2) is 0 Å². The molecule has 0 radical (unpaired) electrons. The number of benzene rings is 2. The van der Waals surface area contributed by atoms with Crippen LogP contribution in [0.3, 0.4) is 0 Å². The summed E-state index contributed by atoms with van der Waals surface area (Å²) in [6, 6.07) is 18.0. The molecule has 1 N–H and O–H groups in total. The van der Waals surface area contributed by atoms with E-state index in [1.807, 2.05) is 0 Å². The second-order valence-corrected chi connectivity index (χ2v) is 4.82. The minimum atomic E-state index is 0.480. The second kappa shape index (κ2) is 4.34. The SMILES string of the molecule is Cc1ccc(CC2NCc3ccccc32)cc1. The van der Waals surface area contributed by atoms with Gasteiger partial charge in [-0.15, -0.1) is 0 Å². The molecule has 0 bridgehead atoms. The molecule has 0 fully saturated rings. The van der Waals surface area contributed by atoms with Gasteiger partial charge < -0.3 is 5.32 Å². The lowest BCUT2D eigenvalue weighted by Gasteiger charge is -2.12. The van der Waals surface area contributed by atoms with Gasteiger partial charge in [0.15, 0.2) is 0 Å². The quantitative estimate of drug-likeness (QED) is 0.823. The van der Waals surface area contributed by atoms with Gasteiger partial charge in [0.2, 0.25) is 0 Å². The third-order valence-electron chi connectivity index (χ3n) is 3.53. The molecule has 0 saturated carbocycles. The van der Waals surface area contributed by atoms with Crippen LogP contribution in [-0.2, 0) is 13.0 Å². The molecule has 0 spiro atoms. The fraction of sp³-hybridized carbons (Fsp3) is 0.250. The van der Waals surface area contributed by atoms with Crippen LogP contribution in [0.1, 0.15) is 28.3 Å². The van der Waals surface area contributed by atoms with Gasteiger partial charge in [0.05, 0.1) is 0 Å². The van der Waals surface area contributed by atoms with E-state index >= 15 is 0 Å². The Labute approximate surface area is 102 Å². The second-order valence-electron chi connectivity index (χ2n) is 4.82. The van der Waals surface area contributed by atoms with Crippen molar-refractivity contribution < 1.29 is 0 Å². The van der Waals surface area contributed by atoms with Gasteiger partial charge in [-0.2, -0.15) is 0 Å². The number of hydrogen-bond donors (Lipinski definition) is 1. The highest BCUT2D eigenvalue weighted by Gasteiger charge is 2.20. The Morgan fingerprint density at radius 2 is 1.82 bits per heavy atom. The van der Waals surface area contributed by atoms with Crippen LogP contribution < -0.4 is 5.32 Å². The van der Waals surface area contributed by atoms with Crippen LogP contribution in [0.15, 0.2) is 48.5 Å². The Kier molecular flexibility index (Phi) is 2.69. The van der Waals surface area contributed by atoms with Crippen LogP contribution >= 0.6 is 0 Å². The van der Waals surface area contributed by atoms with Crippen molar-refractivity contribution in [3.63, 3.8) is 0 Å². The maximum absolute atomic E-state index is 3.59. The Morgan fingerprint density at radius 1 is 1.06 bits per heavy atom. The van der Waals surface area contributed by atoms with Crippen molar-refractivity contribution in [2.75, 3.05) is 0 Å². The van der Waals surface area contributed by atoms with Crippen molar-refractivity contribution in [3.05, 3.63) is 70.8 Å². The van der Waals surface area contributed by atoms with Gasteiger partial charge >= 0.3 is 0 Å². The van der Waals surface area contributed by atoms with Crippen molar-refractivity contribution in [2.24, 2.45) is 0 Å². The molecular formula is C16H17N. The van der Waals surface area contributed by atoms with Crippen LogP contribution in [0.25, 0.3) is 0 Å². The number of nitrogens with one attached hydrogen (secondary N) is 1. The fourth-order valence-electron chi connectivity index (χ4n) is 2.52. The first kappa shape index (κ1) is 10.5. The minimum absolute atomic E-state index is 0.480. The minimum Gasteiger partial charge on any atom is -0.306 e. The highest BCUT2D eigenvalue weighted by atomic mass is 14.9. The molecule has 1 nitrogen and oxygen atoms in total. The zero-order valence-corrected chi connectivity index (χ0v) is 10.1. The lowest BCUT2D eigenvalue weighted by molar-refractivity contribution is 0.581. The first-order valence-corrected chi connectivity index (χ1v) is 6.19. The predicted molar refractivity (Wildman–Crippen MR) is 70.9 cm³/mol. The first-order valence-electron chi connectivity index (χ1n) is 6.19. The van der Waals surface area contributed by atoms with Crippen molar-refractivity contribution in [2.45, 2.75) is 25.9 Å². The number of rotatable bonds is 2. The summed E-state index contributed by atoms with van der Waals surface area (Å²) >= 11 is 0. The van der Waals surface area contributed by atoms with Crippen molar-refractivity contribution in [1.82, 2.24) is 5.32 Å². The third-order valence-corrected chi connectivity index (χ3v) is 3.53. The summed E-state index contributed by atoms with van der Waals surface area (Å²) in [7, 11) is 0. The highest BCUT2D eigenvalue weighted by molar-refractivity contribution is 5.35. The fourth-order valence-corrected chi connectivity index (χ4v) is 2.52.